The van der Waals surface area contributed by atoms with E-state index in [9.17, 15) is 4.79 Å². The molecule has 1 amide bonds. The van der Waals surface area contributed by atoms with Gasteiger partial charge in [-0.2, -0.15) is 0 Å². The number of rotatable bonds is 2. The molecule has 3 saturated heterocycles. The first kappa shape index (κ1) is 16.1. The number of amides is 1. The van der Waals surface area contributed by atoms with Crippen LogP contribution in [0.1, 0.15) is 49.3 Å². The maximum Gasteiger partial charge on any atom is 0.228 e. The normalized spacial score (nSPS) is 33.3. The smallest absolute Gasteiger partial charge is 0.228 e. The minimum absolute atomic E-state index is 0.0296. The van der Waals surface area contributed by atoms with Crippen LogP contribution in [0.2, 0.25) is 0 Å². The second-order valence-electron chi connectivity index (χ2n) is 7.66. The fourth-order valence-electron chi connectivity index (χ4n) is 4.50. The van der Waals surface area contributed by atoms with Crippen molar-refractivity contribution < 1.29 is 9.53 Å². The lowest BCUT2D eigenvalue weighted by atomic mass is 9.87. The summed E-state index contributed by atoms with van der Waals surface area (Å²) in [4.78, 5) is 15.4. The Morgan fingerprint density at radius 1 is 1.12 bits per heavy atom. The highest BCUT2D eigenvalue weighted by atomic mass is 16.5. The first-order valence-electron chi connectivity index (χ1n) is 9.44. The Morgan fingerprint density at radius 2 is 1.92 bits per heavy atom. The molecule has 3 heterocycles. The predicted octanol–water partition coefficient (Wildman–Crippen LogP) is 2.82. The third kappa shape index (κ3) is 3.22. The van der Waals surface area contributed by atoms with Gasteiger partial charge in [0, 0.05) is 31.8 Å². The number of likely N-dealkylation sites (tertiary alicyclic amines) is 1. The number of ether oxygens (including phenoxy) is 1. The van der Waals surface area contributed by atoms with E-state index in [1.807, 2.05) is 0 Å². The van der Waals surface area contributed by atoms with E-state index in [4.69, 9.17) is 4.74 Å². The molecule has 3 aliphatic heterocycles. The van der Waals surface area contributed by atoms with Gasteiger partial charge in [0.05, 0.1) is 12.0 Å². The second-order valence-corrected chi connectivity index (χ2v) is 7.66. The quantitative estimate of drug-likeness (QED) is 0.908. The fourth-order valence-corrected chi connectivity index (χ4v) is 4.50. The van der Waals surface area contributed by atoms with Crippen LogP contribution < -0.4 is 5.32 Å². The molecule has 0 spiro atoms. The summed E-state index contributed by atoms with van der Waals surface area (Å²) in [5.74, 6) is 0.271. The molecule has 1 N–H and O–H groups in total. The Labute approximate surface area is 144 Å². The van der Waals surface area contributed by atoms with Crippen molar-refractivity contribution in [2.75, 3.05) is 19.7 Å². The van der Waals surface area contributed by atoms with Crippen LogP contribution in [0.3, 0.4) is 0 Å². The van der Waals surface area contributed by atoms with Crippen molar-refractivity contribution in [2.45, 2.75) is 57.2 Å². The molecule has 4 heteroatoms. The summed E-state index contributed by atoms with van der Waals surface area (Å²) < 4.78 is 6.06. The molecule has 4 nitrogen and oxygen atoms in total. The summed E-state index contributed by atoms with van der Waals surface area (Å²) in [6, 6.07) is 9.58. The summed E-state index contributed by atoms with van der Waals surface area (Å²) in [5.41, 5.74) is 2.39. The summed E-state index contributed by atoms with van der Waals surface area (Å²) in [7, 11) is 0. The summed E-state index contributed by atoms with van der Waals surface area (Å²) >= 11 is 0. The van der Waals surface area contributed by atoms with Crippen LogP contribution in [0.4, 0.5) is 0 Å². The van der Waals surface area contributed by atoms with Gasteiger partial charge in [-0.05, 0) is 44.6 Å². The number of nitrogens with zero attached hydrogens (tertiary/aromatic N) is 1. The van der Waals surface area contributed by atoms with Crippen LogP contribution in [0.25, 0.3) is 0 Å². The van der Waals surface area contributed by atoms with Gasteiger partial charge in [0.15, 0.2) is 0 Å². The molecule has 3 fully saturated rings. The van der Waals surface area contributed by atoms with Crippen LogP contribution in [0, 0.1) is 12.8 Å². The third-order valence-electron chi connectivity index (χ3n) is 5.88. The molecule has 3 aliphatic rings. The molecular weight excluding hydrogens is 300 g/mol. The largest absolute Gasteiger partial charge is 0.373 e. The highest BCUT2D eigenvalue weighted by molar-refractivity contribution is 5.80. The average molecular weight is 328 g/mol. The number of nitrogens with one attached hydrogen (secondary N) is 1. The first-order valence-corrected chi connectivity index (χ1v) is 9.44. The maximum atomic E-state index is 13.3. The molecule has 130 valence electrons. The Bertz CT molecular complexity index is 586. The number of aryl methyl sites for hydroxylation is 1. The maximum absolute atomic E-state index is 13.3. The van der Waals surface area contributed by atoms with Crippen molar-refractivity contribution in [3.63, 3.8) is 0 Å². The lowest BCUT2D eigenvalue weighted by molar-refractivity contribution is -0.145. The number of fused-ring (bicyclic) bond motifs is 2. The van der Waals surface area contributed by atoms with E-state index in [0.29, 0.717) is 18.0 Å². The summed E-state index contributed by atoms with van der Waals surface area (Å²) in [5, 5.41) is 3.66. The molecule has 4 rings (SSSR count). The van der Waals surface area contributed by atoms with Crippen molar-refractivity contribution in [1.82, 2.24) is 10.2 Å². The van der Waals surface area contributed by atoms with E-state index in [1.54, 1.807) is 0 Å². The van der Waals surface area contributed by atoms with Crippen LogP contribution in [0.15, 0.2) is 24.3 Å². The van der Waals surface area contributed by atoms with Gasteiger partial charge in [0.2, 0.25) is 5.91 Å². The molecule has 2 bridgehead atoms. The molecule has 24 heavy (non-hydrogen) atoms. The molecule has 0 aliphatic carbocycles. The zero-order valence-electron chi connectivity index (χ0n) is 14.5. The monoisotopic (exact) mass is 328 g/mol. The highest BCUT2D eigenvalue weighted by Gasteiger charge is 2.38. The average Bonchev–Trinajstić information content (AvgIpc) is 2.94. The SMILES string of the molecule is Cc1ccc(C2OCCCC2C(=O)N2CCC3CCC(C2)N3)cc1. The van der Waals surface area contributed by atoms with Gasteiger partial charge >= 0.3 is 0 Å². The number of hydrogen-bond donors (Lipinski definition) is 1. The summed E-state index contributed by atoms with van der Waals surface area (Å²) in [6.45, 7) is 4.61. The van der Waals surface area contributed by atoms with E-state index >= 15 is 0 Å². The van der Waals surface area contributed by atoms with Crippen LogP contribution in [-0.4, -0.2) is 42.6 Å². The minimum atomic E-state index is -0.0831. The van der Waals surface area contributed by atoms with Gasteiger partial charge in [0.25, 0.3) is 0 Å². The second kappa shape index (κ2) is 6.85. The number of hydrogen-bond acceptors (Lipinski definition) is 3. The zero-order chi connectivity index (χ0) is 16.5. The van der Waals surface area contributed by atoms with Crippen molar-refractivity contribution >= 4 is 5.91 Å². The van der Waals surface area contributed by atoms with Crippen LogP contribution in [0.5, 0.6) is 0 Å². The van der Waals surface area contributed by atoms with Gasteiger partial charge in [-0.3, -0.25) is 4.79 Å². The molecule has 0 saturated carbocycles. The molecule has 0 aromatic heterocycles. The molecule has 1 aromatic rings. The van der Waals surface area contributed by atoms with Crippen LogP contribution in [-0.2, 0) is 9.53 Å². The standard InChI is InChI=1S/C20H28N2O2/c1-14-4-6-15(7-5-14)19-18(3-2-12-24-19)20(23)22-11-10-16-8-9-17(13-22)21-16/h4-7,16-19,21H,2-3,8-13H2,1H3. The van der Waals surface area contributed by atoms with E-state index in [0.717, 1.165) is 44.5 Å². The van der Waals surface area contributed by atoms with Crippen molar-refractivity contribution in [3.8, 4) is 0 Å². The van der Waals surface area contributed by atoms with Gasteiger partial charge in [-0.25, -0.2) is 0 Å². The number of carbonyl (C=O) groups excluding carboxylic acids is 1. The van der Waals surface area contributed by atoms with Gasteiger partial charge in [-0.15, -0.1) is 0 Å². The fraction of sp³-hybridized carbons (Fsp3) is 0.650. The Morgan fingerprint density at radius 3 is 2.75 bits per heavy atom. The molecule has 0 radical (unpaired) electrons. The Kier molecular flexibility index (Phi) is 4.59. The molecule has 4 unspecified atom stereocenters. The van der Waals surface area contributed by atoms with Gasteiger partial charge in [0.1, 0.15) is 0 Å². The molecule has 4 atom stereocenters. The number of benzene rings is 1. The molecular formula is C20H28N2O2. The van der Waals surface area contributed by atoms with Gasteiger partial charge in [-0.1, -0.05) is 29.8 Å². The van der Waals surface area contributed by atoms with E-state index in [-0.39, 0.29) is 12.0 Å². The third-order valence-corrected chi connectivity index (χ3v) is 5.88. The predicted molar refractivity (Wildman–Crippen MR) is 93.7 cm³/mol. The first-order chi connectivity index (χ1) is 11.7. The van der Waals surface area contributed by atoms with Gasteiger partial charge < -0.3 is 15.0 Å². The minimum Gasteiger partial charge on any atom is -0.373 e. The van der Waals surface area contributed by atoms with Crippen molar-refractivity contribution in [2.24, 2.45) is 5.92 Å². The Hall–Kier alpha value is -1.39. The van der Waals surface area contributed by atoms with E-state index in [1.165, 1.54) is 18.4 Å². The lowest BCUT2D eigenvalue weighted by Crippen LogP contribution is -2.44. The molecule has 1 aromatic carbocycles. The van der Waals surface area contributed by atoms with Crippen LogP contribution >= 0.6 is 0 Å². The Balaban J connectivity index is 1.51. The topological polar surface area (TPSA) is 41.6 Å². The summed E-state index contributed by atoms with van der Waals surface area (Å²) in [6.07, 6.45) is 5.40. The number of carbonyl (C=O) groups is 1. The highest BCUT2D eigenvalue weighted by Crippen LogP contribution is 2.35. The lowest BCUT2D eigenvalue weighted by Gasteiger charge is -2.35. The van der Waals surface area contributed by atoms with Crippen molar-refractivity contribution in [1.29, 1.82) is 0 Å². The van der Waals surface area contributed by atoms with E-state index in [2.05, 4.69) is 41.4 Å². The van der Waals surface area contributed by atoms with Crippen molar-refractivity contribution in [3.05, 3.63) is 35.4 Å². The van der Waals surface area contributed by atoms with E-state index < -0.39 is 0 Å². The zero-order valence-corrected chi connectivity index (χ0v) is 14.5.